The highest BCUT2D eigenvalue weighted by atomic mass is 35.5. The number of fused-ring (bicyclic) bond motifs is 1. The highest BCUT2D eigenvalue weighted by Crippen LogP contribution is 2.42. The van der Waals surface area contributed by atoms with Gasteiger partial charge < -0.3 is 20.9 Å². The monoisotopic (exact) mass is 590 g/mol. The summed E-state index contributed by atoms with van der Waals surface area (Å²) in [5.41, 5.74) is 0.836. The van der Waals surface area contributed by atoms with Crippen molar-refractivity contribution in [3.63, 3.8) is 0 Å². The molecule has 4 aromatic rings. The zero-order chi connectivity index (χ0) is 29.9. The number of aromatic nitrogens is 2. The van der Waals surface area contributed by atoms with E-state index < -0.39 is 48.1 Å². The molecule has 2 aromatic carbocycles. The molecule has 13 heteroatoms. The standard InChI is InChI=1S/C28H23ClF4N4O4/c1-2-41-25-17(12-23(34)38)11-22(37-24(25)15-5-7-18(30)8-6-15)27(40,28(31,32)33)14-36-26(39)19-10-16-4-3-9-35-21(16)13-20(19)29/h3-11,13,40H,2,12,14H2,1H3,(H2,34,38)(H,36,39)/t27-/m0/s1. The van der Waals surface area contributed by atoms with Crippen LogP contribution in [-0.4, -0.2) is 46.2 Å². The number of carbonyl (C=O) groups is 2. The second-order valence-corrected chi connectivity index (χ2v) is 9.40. The summed E-state index contributed by atoms with van der Waals surface area (Å²) in [6.07, 6.45) is -4.40. The number of primary amides is 1. The van der Waals surface area contributed by atoms with Crippen LogP contribution >= 0.6 is 11.6 Å². The molecule has 0 bridgehead atoms. The van der Waals surface area contributed by atoms with Crippen molar-refractivity contribution in [2.45, 2.75) is 25.1 Å². The number of amides is 2. The molecule has 0 saturated carbocycles. The fraction of sp³-hybridized carbons (Fsp3) is 0.214. The van der Waals surface area contributed by atoms with Gasteiger partial charge in [0.1, 0.15) is 17.3 Å². The molecule has 0 spiro atoms. The largest absolute Gasteiger partial charge is 0.491 e. The van der Waals surface area contributed by atoms with Crippen molar-refractivity contribution in [3.05, 3.63) is 88.5 Å². The van der Waals surface area contributed by atoms with E-state index >= 15 is 0 Å². The Morgan fingerprint density at radius 2 is 1.83 bits per heavy atom. The number of hydrogen-bond donors (Lipinski definition) is 3. The van der Waals surface area contributed by atoms with Gasteiger partial charge in [0.25, 0.3) is 5.91 Å². The van der Waals surface area contributed by atoms with Crippen LogP contribution in [0.2, 0.25) is 5.02 Å². The van der Waals surface area contributed by atoms with Gasteiger partial charge in [-0.2, -0.15) is 13.2 Å². The van der Waals surface area contributed by atoms with E-state index in [0.717, 1.165) is 18.2 Å². The molecule has 2 amide bonds. The van der Waals surface area contributed by atoms with Crippen molar-refractivity contribution in [3.8, 4) is 17.0 Å². The molecule has 41 heavy (non-hydrogen) atoms. The van der Waals surface area contributed by atoms with Gasteiger partial charge >= 0.3 is 6.18 Å². The van der Waals surface area contributed by atoms with Crippen LogP contribution in [0.1, 0.15) is 28.5 Å². The molecule has 1 atom stereocenters. The summed E-state index contributed by atoms with van der Waals surface area (Å²) >= 11 is 6.19. The van der Waals surface area contributed by atoms with Crippen LogP contribution in [0.4, 0.5) is 17.6 Å². The minimum atomic E-state index is -5.36. The molecule has 0 unspecified atom stereocenters. The topological polar surface area (TPSA) is 127 Å². The molecular formula is C28H23ClF4N4O4. The minimum Gasteiger partial charge on any atom is -0.491 e. The maximum Gasteiger partial charge on any atom is 0.424 e. The van der Waals surface area contributed by atoms with Crippen molar-refractivity contribution >= 4 is 34.3 Å². The number of alkyl halides is 3. The fourth-order valence-electron chi connectivity index (χ4n) is 4.13. The molecule has 0 aliphatic rings. The number of aliphatic hydroxyl groups is 1. The number of ether oxygens (including phenoxy) is 1. The number of nitrogens with zero attached hydrogens (tertiary/aromatic N) is 2. The average molecular weight is 591 g/mol. The number of nitrogens with one attached hydrogen (secondary N) is 1. The van der Waals surface area contributed by atoms with Crippen molar-refractivity contribution in [1.29, 1.82) is 0 Å². The molecule has 0 aliphatic carbocycles. The number of carbonyl (C=O) groups excluding carboxylic acids is 2. The SMILES string of the molecule is CCOc1c(CC(N)=O)cc([C@@](O)(CNC(=O)c2cc3cccnc3cc2Cl)C(F)(F)F)nc1-c1ccc(F)cc1. The Morgan fingerprint density at radius 3 is 2.46 bits per heavy atom. The molecule has 4 N–H and O–H groups in total. The van der Waals surface area contributed by atoms with Crippen LogP contribution in [0.5, 0.6) is 5.75 Å². The third-order valence-corrected chi connectivity index (χ3v) is 6.47. The third-order valence-electron chi connectivity index (χ3n) is 6.15. The third kappa shape index (κ3) is 6.23. The van der Waals surface area contributed by atoms with Crippen molar-refractivity contribution in [1.82, 2.24) is 15.3 Å². The van der Waals surface area contributed by atoms with E-state index in [1.54, 1.807) is 19.1 Å². The van der Waals surface area contributed by atoms with Gasteiger partial charge in [0, 0.05) is 22.7 Å². The first-order valence-electron chi connectivity index (χ1n) is 12.2. The van der Waals surface area contributed by atoms with Gasteiger partial charge in [-0.05, 0) is 55.5 Å². The van der Waals surface area contributed by atoms with Crippen LogP contribution in [0, 0.1) is 5.82 Å². The van der Waals surface area contributed by atoms with E-state index in [-0.39, 0.29) is 39.8 Å². The number of nitrogens with two attached hydrogens (primary N) is 1. The van der Waals surface area contributed by atoms with Crippen molar-refractivity contribution < 1.29 is 37.0 Å². The first kappa shape index (κ1) is 29.7. The van der Waals surface area contributed by atoms with Crippen LogP contribution < -0.4 is 15.8 Å². The van der Waals surface area contributed by atoms with Gasteiger partial charge in [0.05, 0.1) is 41.4 Å². The van der Waals surface area contributed by atoms with Crippen LogP contribution in [-0.2, 0) is 16.8 Å². The van der Waals surface area contributed by atoms with Gasteiger partial charge in [-0.3, -0.25) is 14.6 Å². The minimum absolute atomic E-state index is 0.0443. The van der Waals surface area contributed by atoms with Crippen LogP contribution in [0.25, 0.3) is 22.2 Å². The molecule has 2 heterocycles. The molecule has 0 saturated heterocycles. The molecule has 214 valence electrons. The van der Waals surface area contributed by atoms with Crippen LogP contribution in [0.15, 0.2) is 60.8 Å². The lowest BCUT2D eigenvalue weighted by molar-refractivity contribution is -0.265. The summed E-state index contributed by atoms with van der Waals surface area (Å²) in [7, 11) is 0. The van der Waals surface area contributed by atoms with E-state index in [0.29, 0.717) is 10.9 Å². The smallest absolute Gasteiger partial charge is 0.424 e. The van der Waals surface area contributed by atoms with E-state index in [2.05, 4.69) is 15.3 Å². The Hall–Kier alpha value is -4.29. The first-order chi connectivity index (χ1) is 19.3. The number of rotatable bonds is 9. The summed E-state index contributed by atoms with van der Waals surface area (Å²) in [5, 5.41) is 13.6. The van der Waals surface area contributed by atoms with E-state index in [1.807, 2.05) is 0 Å². The first-order valence-corrected chi connectivity index (χ1v) is 12.5. The number of pyridine rings is 2. The summed E-state index contributed by atoms with van der Waals surface area (Å²) < 4.78 is 62.7. The Kier molecular flexibility index (Phi) is 8.45. The molecule has 2 aromatic heterocycles. The lowest BCUT2D eigenvalue weighted by Gasteiger charge is -2.31. The molecule has 4 rings (SSSR count). The lowest BCUT2D eigenvalue weighted by atomic mass is 9.93. The summed E-state index contributed by atoms with van der Waals surface area (Å²) in [5.74, 6) is -2.56. The Bertz CT molecular complexity index is 1620. The predicted octanol–water partition coefficient (Wildman–Crippen LogP) is 4.70. The van der Waals surface area contributed by atoms with E-state index in [9.17, 15) is 32.3 Å². The molecular weight excluding hydrogens is 568 g/mol. The zero-order valence-electron chi connectivity index (χ0n) is 21.4. The highest BCUT2D eigenvalue weighted by molar-refractivity contribution is 6.34. The highest BCUT2D eigenvalue weighted by Gasteiger charge is 2.56. The molecule has 0 fully saturated rings. The quantitative estimate of drug-likeness (QED) is 0.243. The van der Waals surface area contributed by atoms with Gasteiger partial charge in [-0.25, -0.2) is 9.37 Å². The zero-order valence-corrected chi connectivity index (χ0v) is 22.2. The second kappa shape index (κ2) is 11.7. The molecule has 0 radical (unpaired) electrons. The van der Waals surface area contributed by atoms with Gasteiger partial charge in [-0.1, -0.05) is 17.7 Å². The van der Waals surface area contributed by atoms with Gasteiger partial charge in [0.15, 0.2) is 0 Å². The summed E-state index contributed by atoms with van der Waals surface area (Å²) in [6.45, 7) is 0.283. The van der Waals surface area contributed by atoms with Crippen molar-refractivity contribution in [2.75, 3.05) is 13.2 Å². The molecule has 0 aliphatic heterocycles. The van der Waals surface area contributed by atoms with E-state index in [1.165, 1.54) is 30.5 Å². The molecule has 8 nitrogen and oxygen atoms in total. The van der Waals surface area contributed by atoms with Crippen LogP contribution in [0.3, 0.4) is 0 Å². The summed E-state index contributed by atoms with van der Waals surface area (Å²) in [6, 6.07) is 11.5. The number of benzene rings is 2. The summed E-state index contributed by atoms with van der Waals surface area (Å²) in [4.78, 5) is 32.9. The second-order valence-electron chi connectivity index (χ2n) is 9.00. The Morgan fingerprint density at radius 1 is 1.12 bits per heavy atom. The van der Waals surface area contributed by atoms with Crippen molar-refractivity contribution in [2.24, 2.45) is 5.73 Å². The normalized spacial score (nSPS) is 13.0. The van der Waals surface area contributed by atoms with Gasteiger partial charge in [0.2, 0.25) is 11.5 Å². The number of halogens is 5. The maximum absolute atomic E-state index is 14.5. The lowest BCUT2D eigenvalue weighted by Crippen LogP contribution is -2.51. The maximum atomic E-state index is 14.5. The fourth-order valence-corrected chi connectivity index (χ4v) is 4.38. The van der Waals surface area contributed by atoms with Gasteiger partial charge in [-0.15, -0.1) is 0 Å². The predicted molar refractivity (Wildman–Crippen MR) is 143 cm³/mol. The Balaban J connectivity index is 1.81. The number of hydrogen-bond acceptors (Lipinski definition) is 6. The average Bonchev–Trinajstić information content (AvgIpc) is 2.91. The Labute approximate surface area is 236 Å². The van der Waals surface area contributed by atoms with E-state index in [4.69, 9.17) is 22.1 Å².